The summed E-state index contributed by atoms with van der Waals surface area (Å²) in [7, 11) is 1.85. The molecule has 11 heavy (non-hydrogen) atoms. The molecule has 0 atom stereocenters. The van der Waals surface area contributed by atoms with Crippen molar-refractivity contribution in [2.45, 2.75) is 26.8 Å². The van der Waals surface area contributed by atoms with Crippen molar-refractivity contribution in [3.05, 3.63) is 0 Å². The Morgan fingerprint density at radius 1 is 1.55 bits per heavy atom. The summed E-state index contributed by atoms with van der Waals surface area (Å²) in [5.41, 5.74) is 0. The Kier molecular flexibility index (Phi) is 4.03. The topological polar surface area (TPSA) is 32.3 Å². The fourth-order valence-corrected chi connectivity index (χ4v) is 0.828. The van der Waals surface area contributed by atoms with Crippen LogP contribution in [0, 0.1) is 0 Å². The van der Waals surface area contributed by atoms with Gasteiger partial charge in [-0.15, -0.1) is 0 Å². The molecule has 1 N–H and O–H groups in total. The molecule has 0 aromatic rings. The molecule has 0 saturated heterocycles. The third-order valence-corrected chi connectivity index (χ3v) is 1.77. The first-order chi connectivity index (χ1) is 4.95. The van der Waals surface area contributed by atoms with E-state index in [2.05, 4.69) is 5.32 Å². The van der Waals surface area contributed by atoms with Crippen LogP contribution in [-0.2, 0) is 4.79 Å². The lowest BCUT2D eigenvalue weighted by Crippen LogP contribution is -2.42. The van der Waals surface area contributed by atoms with Crippen molar-refractivity contribution >= 4 is 23.2 Å². The lowest BCUT2D eigenvalue weighted by atomic mass is 10.4. The molecule has 0 saturated carbocycles. The van der Waals surface area contributed by atoms with Crippen LogP contribution >= 0.6 is 12.2 Å². The maximum absolute atomic E-state index is 10.6. The summed E-state index contributed by atoms with van der Waals surface area (Å²) >= 11 is 4.92. The number of hydrogen-bond donors (Lipinski definition) is 1. The van der Waals surface area contributed by atoms with Crippen LogP contribution in [0.2, 0.25) is 0 Å². The molecule has 0 bridgehead atoms. The molecular formula is C7H14N2OS. The van der Waals surface area contributed by atoms with E-state index in [9.17, 15) is 4.79 Å². The molecule has 0 unspecified atom stereocenters. The van der Waals surface area contributed by atoms with Gasteiger partial charge in [-0.25, -0.2) is 0 Å². The summed E-state index contributed by atoms with van der Waals surface area (Å²) in [4.78, 5) is 12.4. The minimum absolute atomic E-state index is 0.123. The quantitative estimate of drug-likeness (QED) is 0.595. The second kappa shape index (κ2) is 4.28. The fraction of sp³-hybridized carbons (Fsp3) is 0.714. The third-order valence-electron chi connectivity index (χ3n) is 1.38. The van der Waals surface area contributed by atoms with Gasteiger partial charge in [0.05, 0.1) is 0 Å². The van der Waals surface area contributed by atoms with Crippen molar-refractivity contribution in [2.75, 3.05) is 7.05 Å². The number of amides is 1. The van der Waals surface area contributed by atoms with Crippen LogP contribution in [0.15, 0.2) is 0 Å². The molecule has 0 spiro atoms. The van der Waals surface area contributed by atoms with Gasteiger partial charge in [-0.05, 0) is 26.1 Å². The first kappa shape index (κ1) is 10.4. The first-order valence-corrected chi connectivity index (χ1v) is 3.90. The number of rotatable bonds is 1. The second-order valence-electron chi connectivity index (χ2n) is 2.69. The average molecular weight is 174 g/mol. The molecule has 0 aromatic carbocycles. The van der Waals surface area contributed by atoms with Gasteiger partial charge in [0.2, 0.25) is 5.91 Å². The largest absolute Gasteiger partial charge is 0.350 e. The van der Waals surface area contributed by atoms with Gasteiger partial charge < -0.3 is 10.2 Å². The zero-order chi connectivity index (χ0) is 9.02. The molecule has 3 nitrogen and oxygen atoms in total. The normalized spacial score (nSPS) is 9.55. The van der Waals surface area contributed by atoms with E-state index in [0.29, 0.717) is 11.2 Å². The molecule has 1 amide bonds. The Hall–Kier alpha value is -0.640. The average Bonchev–Trinajstić information content (AvgIpc) is 1.84. The minimum atomic E-state index is -0.123. The SMILES string of the molecule is CC(=O)NC(=S)N(C)C(C)C. The zero-order valence-electron chi connectivity index (χ0n) is 7.34. The second-order valence-corrected chi connectivity index (χ2v) is 3.08. The molecule has 0 aliphatic rings. The summed E-state index contributed by atoms with van der Waals surface area (Å²) in [5, 5.41) is 3.02. The summed E-state index contributed by atoms with van der Waals surface area (Å²) in [6.45, 7) is 5.46. The fourth-order valence-electron chi connectivity index (χ4n) is 0.473. The van der Waals surface area contributed by atoms with Crippen LogP contribution < -0.4 is 5.32 Å². The number of thiocarbonyl (C=S) groups is 1. The van der Waals surface area contributed by atoms with E-state index in [1.165, 1.54) is 6.92 Å². The Labute approximate surface area is 72.8 Å². The molecule has 0 aliphatic heterocycles. The highest BCUT2D eigenvalue weighted by molar-refractivity contribution is 7.80. The van der Waals surface area contributed by atoms with E-state index in [0.717, 1.165) is 0 Å². The minimum Gasteiger partial charge on any atom is -0.350 e. The Morgan fingerprint density at radius 3 is 2.27 bits per heavy atom. The van der Waals surface area contributed by atoms with E-state index in [1.54, 1.807) is 0 Å². The predicted molar refractivity (Wildman–Crippen MR) is 49.3 cm³/mol. The summed E-state index contributed by atoms with van der Waals surface area (Å²) < 4.78 is 0. The van der Waals surface area contributed by atoms with E-state index >= 15 is 0 Å². The lowest BCUT2D eigenvalue weighted by molar-refractivity contribution is -0.117. The maximum atomic E-state index is 10.6. The zero-order valence-corrected chi connectivity index (χ0v) is 8.16. The van der Waals surface area contributed by atoms with Gasteiger partial charge >= 0.3 is 0 Å². The molecule has 0 aromatic heterocycles. The molecule has 64 valence electrons. The highest BCUT2D eigenvalue weighted by atomic mass is 32.1. The van der Waals surface area contributed by atoms with Crippen molar-refractivity contribution in [3.63, 3.8) is 0 Å². The molecule has 4 heteroatoms. The summed E-state index contributed by atoms with van der Waals surface area (Å²) in [6, 6.07) is 0.314. The standard InChI is InChI=1S/C7H14N2OS/c1-5(2)9(4)7(11)8-6(3)10/h5H,1-4H3,(H,8,10,11). The van der Waals surface area contributed by atoms with Gasteiger partial charge in [-0.1, -0.05) is 0 Å². The van der Waals surface area contributed by atoms with E-state index in [1.807, 2.05) is 25.8 Å². The van der Waals surface area contributed by atoms with Crippen LogP contribution in [-0.4, -0.2) is 29.0 Å². The first-order valence-electron chi connectivity index (χ1n) is 3.49. The highest BCUT2D eigenvalue weighted by Gasteiger charge is 2.07. The smallest absolute Gasteiger partial charge is 0.222 e. The van der Waals surface area contributed by atoms with E-state index in [4.69, 9.17) is 12.2 Å². The number of carbonyl (C=O) groups excluding carboxylic acids is 1. The van der Waals surface area contributed by atoms with Gasteiger partial charge in [-0.3, -0.25) is 4.79 Å². The summed E-state index contributed by atoms with van der Waals surface area (Å²) in [6.07, 6.45) is 0. The highest BCUT2D eigenvalue weighted by Crippen LogP contribution is 1.93. The van der Waals surface area contributed by atoms with Gasteiger partial charge in [0.1, 0.15) is 0 Å². The number of carbonyl (C=O) groups is 1. The predicted octanol–water partition coefficient (Wildman–Crippen LogP) is 0.748. The van der Waals surface area contributed by atoms with E-state index < -0.39 is 0 Å². The Bertz CT molecular complexity index is 168. The molecule has 0 fully saturated rings. The molecule has 0 radical (unpaired) electrons. The van der Waals surface area contributed by atoms with Gasteiger partial charge in [0.25, 0.3) is 0 Å². The van der Waals surface area contributed by atoms with Crippen molar-refractivity contribution in [3.8, 4) is 0 Å². The molecular weight excluding hydrogens is 160 g/mol. The van der Waals surface area contributed by atoms with Crippen molar-refractivity contribution in [1.82, 2.24) is 10.2 Å². The van der Waals surface area contributed by atoms with Crippen LogP contribution in [0.25, 0.3) is 0 Å². The van der Waals surface area contributed by atoms with Crippen molar-refractivity contribution < 1.29 is 4.79 Å². The van der Waals surface area contributed by atoms with Gasteiger partial charge in [-0.2, -0.15) is 0 Å². The Balaban J connectivity index is 3.93. The van der Waals surface area contributed by atoms with Crippen LogP contribution in [0.3, 0.4) is 0 Å². The number of hydrogen-bond acceptors (Lipinski definition) is 2. The van der Waals surface area contributed by atoms with Gasteiger partial charge in [0.15, 0.2) is 5.11 Å². The van der Waals surface area contributed by atoms with Gasteiger partial charge in [0, 0.05) is 20.0 Å². The number of nitrogens with zero attached hydrogens (tertiary/aromatic N) is 1. The van der Waals surface area contributed by atoms with Crippen molar-refractivity contribution in [2.24, 2.45) is 0 Å². The maximum Gasteiger partial charge on any atom is 0.222 e. The molecule has 0 rings (SSSR count). The van der Waals surface area contributed by atoms with Crippen LogP contribution in [0.1, 0.15) is 20.8 Å². The Morgan fingerprint density at radius 2 is 2.00 bits per heavy atom. The molecule has 0 heterocycles. The summed E-state index contributed by atoms with van der Waals surface area (Å²) in [5.74, 6) is -0.123. The van der Waals surface area contributed by atoms with Crippen LogP contribution in [0.4, 0.5) is 0 Å². The van der Waals surface area contributed by atoms with E-state index in [-0.39, 0.29) is 5.91 Å². The number of nitrogens with one attached hydrogen (secondary N) is 1. The lowest BCUT2D eigenvalue weighted by Gasteiger charge is -2.23. The monoisotopic (exact) mass is 174 g/mol. The van der Waals surface area contributed by atoms with Crippen molar-refractivity contribution in [1.29, 1.82) is 0 Å². The van der Waals surface area contributed by atoms with Crippen LogP contribution in [0.5, 0.6) is 0 Å². The molecule has 0 aliphatic carbocycles. The third kappa shape index (κ3) is 3.93.